The zero-order valence-electron chi connectivity index (χ0n) is 19.8. The lowest BCUT2D eigenvalue weighted by atomic mass is 10.1. The minimum atomic E-state index is -2.76. The molecule has 0 bridgehead atoms. The van der Waals surface area contributed by atoms with E-state index in [0.717, 1.165) is 16.4 Å². The molecule has 0 amide bonds. The number of nitro benzene ring substituents is 1. The molecule has 0 radical (unpaired) electrons. The van der Waals surface area contributed by atoms with Gasteiger partial charge in [-0.25, -0.2) is 4.68 Å². The average molecular weight is 492 g/mol. The zero-order chi connectivity index (χ0) is 25.1. The maximum Gasteiger partial charge on any atom is 0.305 e. The maximum absolute atomic E-state index is 14.8. The molecule has 3 aromatic carbocycles. The molecule has 0 aliphatic rings. The monoisotopic (exact) mass is 491 g/mol. The molecule has 10 heteroatoms. The molecule has 0 saturated heterocycles. The van der Waals surface area contributed by atoms with Gasteiger partial charge < -0.3 is 4.43 Å². The fourth-order valence-electron chi connectivity index (χ4n) is 4.43. The van der Waals surface area contributed by atoms with Gasteiger partial charge in [-0.1, -0.05) is 87.5 Å². The highest BCUT2D eigenvalue weighted by atomic mass is 28.4. The third kappa shape index (κ3) is 4.62. The third-order valence-electron chi connectivity index (χ3n) is 5.99. The van der Waals surface area contributed by atoms with Crippen molar-refractivity contribution in [1.82, 2.24) is 20.2 Å². The van der Waals surface area contributed by atoms with Gasteiger partial charge in [0.05, 0.1) is 23.6 Å². The highest BCUT2D eigenvalue weighted by molar-refractivity contribution is 6.99. The molecular weight excluding hydrogens is 465 g/mol. The van der Waals surface area contributed by atoms with Crippen molar-refractivity contribution in [3.05, 3.63) is 94.8 Å². The van der Waals surface area contributed by atoms with Gasteiger partial charge >= 0.3 is 5.69 Å². The van der Waals surface area contributed by atoms with E-state index < -0.39 is 24.7 Å². The van der Waals surface area contributed by atoms with Gasteiger partial charge in [0, 0.05) is 6.07 Å². The lowest BCUT2D eigenvalue weighted by Crippen LogP contribution is -2.66. The molecule has 1 aromatic heterocycles. The van der Waals surface area contributed by atoms with Crippen molar-refractivity contribution in [2.45, 2.75) is 32.4 Å². The Kier molecular flexibility index (Phi) is 6.85. The number of aromatic nitrogens is 4. The Bertz CT molecular complexity index is 1270. The molecule has 0 spiro atoms. The highest BCUT2D eigenvalue weighted by Gasteiger charge is 2.50. The number of hydrogen-bond acceptors (Lipinski definition) is 6. The Morgan fingerprint density at radius 1 is 0.971 bits per heavy atom. The third-order valence-corrected chi connectivity index (χ3v) is 11.0. The van der Waals surface area contributed by atoms with Gasteiger partial charge in [-0.2, -0.15) is 4.39 Å². The molecule has 8 nitrogen and oxygen atoms in total. The first-order valence-corrected chi connectivity index (χ1v) is 13.1. The summed E-state index contributed by atoms with van der Waals surface area (Å²) >= 11 is 0. The van der Waals surface area contributed by atoms with Crippen molar-refractivity contribution in [1.29, 1.82) is 0 Å². The molecule has 0 aliphatic heterocycles. The van der Waals surface area contributed by atoms with Gasteiger partial charge in [0.2, 0.25) is 5.82 Å². The van der Waals surface area contributed by atoms with Crippen molar-refractivity contribution in [2.75, 3.05) is 6.61 Å². The quantitative estimate of drug-likeness (QED) is 0.210. The van der Waals surface area contributed by atoms with Gasteiger partial charge in [0.25, 0.3) is 8.32 Å². The topological polar surface area (TPSA) is 96.0 Å². The largest absolute Gasteiger partial charge is 0.406 e. The predicted molar refractivity (Wildman–Crippen MR) is 133 cm³/mol. The van der Waals surface area contributed by atoms with Gasteiger partial charge in [0.15, 0.2) is 5.82 Å². The number of tetrazole rings is 1. The Morgan fingerprint density at radius 2 is 1.57 bits per heavy atom. The van der Waals surface area contributed by atoms with Crippen LogP contribution in [0.25, 0.3) is 11.4 Å². The van der Waals surface area contributed by atoms with E-state index in [4.69, 9.17) is 4.43 Å². The molecule has 0 atom stereocenters. The lowest BCUT2D eigenvalue weighted by Gasteiger charge is -2.43. The number of nitro groups is 1. The van der Waals surface area contributed by atoms with Crippen LogP contribution in [0.1, 0.15) is 20.8 Å². The van der Waals surface area contributed by atoms with Crippen molar-refractivity contribution in [3.8, 4) is 11.4 Å². The smallest absolute Gasteiger partial charge is 0.305 e. The number of rotatable bonds is 8. The molecule has 180 valence electrons. The fraction of sp³-hybridized carbons (Fsp3) is 0.240. The van der Waals surface area contributed by atoms with Gasteiger partial charge in [-0.05, 0) is 31.9 Å². The van der Waals surface area contributed by atoms with E-state index in [1.54, 1.807) is 0 Å². The Labute approximate surface area is 203 Å². The van der Waals surface area contributed by atoms with Crippen LogP contribution >= 0.6 is 0 Å². The van der Waals surface area contributed by atoms with E-state index in [-0.39, 0.29) is 29.6 Å². The summed E-state index contributed by atoms with van der Waals surface area (Å²) in [6.45, 7) is 7.05. The van der Waals surface area contributed by atoms with Crippen molar-refractivity contribution >= 4 is 24.4 Å². The summed E-state index contributed by atoms with van der Waals surface area (Å²) in [5.74, 6) is -0.862. The standard InChI is InChI=1S/C25H26FN5O3Si/c1-25(2,3)35(19-11-6-4-7-12-19,20-13-8-5-9-14-20)34-18-17-30-24(27-28-29-30)21-15-10-16-22(23(21)26)31(32)33/h4-16H,17-18H2,1-3H3. The van der Waals surface area contributed by atoms with Crippen molar-refractivity contribution in [2.24, 2.45) is 0 Å². The molecule has 1 heterocycles. The van der Waals surface area contributed by atoms with Crippen LogP contribution in [-0.4, -0.2) is 40.1 Å². The van der Waals surface area contributed by atoms with E-state index >= 15 is 0 Å². The first kappa shape index (κ1) is 24.4. The van der Waals surface area contributed by atoms with Crippen LogP contribution in [0.5, 0.6) is 0 Å². The molecule has 0 unspecified atom stereocenters. The Balaban J connectivity index is 1.68. The van der Waals surface area contributed by atoms with Crippen LogP contribution in [0.3, 0.4) is 0 Å². The Hall–Kier alpha value is -3.76. The zero-order valence-corrected chi connectivity index (χ0v) is 20.8. The molecule has 0 fully saturated rings. The summed E-state index contributed by atoms with van der Waals surface area (Å²) in [6, 6.07) is 24.4. The normalized spacial score (nSPS) is 12.0. The first-order chi connectivity index (χ1) is 16.8. The van der Waals surface area contributed by atoms with E-state index in [2.05, 4.69) is 60.6 Å². The fourth-order valence-corrected chi connectivity index (χ4v) is 8.98. The van der Waals surface area contributed by atoms with Gasteiger partial charge in [-0.15, -0.1) is 5.10 Å². The van der Waals surface area contributed by atoms with E-state index in [1.807, 2.05) is 36.4 Å². The van der Waals surface area contributed by atoms with E-state index in [0.29, 0.717) is 0 Å². The maximum atomic E-state index is 14.8. The first-order valence-electron chi connectivity index (χ1n) is 11.2. The lowest BCUT2D eigenvalue weighted by molar-refractivity contribution is -0.387. The number of nitrogens with zero attached hydrogens (tertiary/aromatic N) is 5. The predicted octanol–water partition coefficient (Wildman–Crippen LogP) is 3.96. The summed E-state index contributed by atoms with van der Waals surface area (Å²) in [6.07, 6.45) is 0. The molecule has 4 aromatic rings. The summed E-state index contributed by atoms with van der Waals surface area (Å²) < 4.78 is 23.1. The van der Waals surface area contributed by atoms with Crippen LogP contribution in [-0.2, 0) is 11.0 Å². The van der Waals surface area contributed by atoms with Crippen LogP contribution in [0.4, 0.5) is 10.1 Å². The van der Waals surface area contributed by atoms with Crippen molar-refractivity contribution in [3.63, 3.8) is 0 Å². The van der Waals surface area contributed by atoms with Crippen LogP contribution in [0.2, 0.25) is 5.04 Å². The molecule has 35 heavy (non-hydrogen) atoms. The summed E-state index contributed by atoms with van der Waals surface area (Å²) in [5.41, 5.74) is -0.657. The summed E-state index contributed by atoms with van der Waals surface area (Å²) in [4.78, 5) is 10.4. The Morgan fingerprint density at radius 3 is 2.11 bits per heavy atom. The van der Waals surface area contributed by atoms with Crippen LogP contribution < -0.4 is 10.4 Å². The molecule has 0 saturated carbocycles. The SMILES string of the molecule is CC(C)(C)[Si](OCCn1nnnc1-c1cccc([N+](=O)[O-])c1F)(c1ccccc1)c1ccccc1. The molecule has 0 aliphatic carbocycles. The number of benzene rings is 3. The van der Waals surface area contributed by atoms with Gasteiger partial charge in [0.1, 0.15) is 0 Å². The minimum absolute atomic E-state index is 0.0327. The van der Waals surface area contributed by atoms with Gasteiger partial charge in [-0.3, -0.25) is 10.1 Å². The number of hydrogen-bond donors (Lipinski definition) is 0. The van der Waals surface area contributed by atoms with E-state index in [1.165, 1.54) is 16.8 Å². The molecule has 4 rings (SSSR count). The van der Waals surface area contributed by atoms with E-state index in [9.17, 15) is 14.5 Å². The van der Waals surface area contributed by atoms with Crippen LogP contribution in [0.15, 0.2) is 78.9 Å². The second-order valence-electron chi connectivity index (χ2n) is 9.13. The molecule has 0 N–H and O–H groups in total. The van der Waals surface area contributed by atoms with Crippen LogP contribution in [0, 0.1) is 15.9 Å². The highest BCUT2D eigenvalue weighted by Crippen LogP contribution is 2.36. The summed E-state index contributed by atoms with van der Waals surface area (Å²) in [5, 5.41) is 24.8. The second kappa shape index (κ2) is 9.85. The average Bonchev–Trinajstić information content (AvgIpc) is 3.30. The second-order valence-corrected chi connectivity index (χ2v) is 13.4. The van der Waals surface area contributed by atoms with Crippen molar-refractivity contribution < 1.29 is 13.7 Å². The molecular formula is C25H26FN5O3Si. The minimum Gasteiger partial charge on any atom is -0.406 e. The number of halogens is 1. The summed E-state index contributed by atoms with van der Waals surface area (Å²) in [7, 11) is -2.76.